The first-order valence-electron chi connectivity index (χ1n) is 5.21. The first kappa shape index (κ1) is 13.9. The van der Waals surface area contributed by atoms with E-state index in [0.717, 1.165) is 6.42 Å². The van der Waals surface area contributed by atoms with E-state index in [9.17, 15) is 10.2 Å². The van der Waals surface area contributed by atoms with E-state index in [1.807, 2.05) is 27.7 Å². The summed E-state index contributed by atoms with van der Waals surface area (Å²) in [5, 5.41) is 19.2. The summed E-state index contributed by atoms with van der Waals surface area (Å²) in [7, 11) is 1.66. The van der Waals surface area contributed by atoms with Gasteiger partial charge in [0.15, 0.2) is 0 Å². The lowest BCUT2D eigenvalue weighted by Crippen LogP contribution is -2.33. The van der Waals surface area contributed by atoms with Crippen LogP contribution in [0.25, 0.3) is 0 Å². The highest BCUT2D eigenvalue weighted by Crippen LogP contribution is 2.19. The van der Waals surface area contributed by atoms with Crippen molar-refractivity contribution in [3.05, 3.63) is 0 Å². The molecule has 0 bridgehead atoms. The van der Waals surface area contributed by atoms with E-state index in [4.69, 9.17) is 4.74 Å². The van der Waals surface area contributed by atoms with Crippen molar-refractivity contribution >= 4 is 0 Å². The summed E-state index contributed by atoms with van der Waals surface area (Å²) >= 11 is 0. The van der Waals surface area contributed by atoms with Crippen molar-refractivity contribution < 1.29 is 14.9 Å². The van der Waals surface area contributed by atoms with Gasteiger partial charge in [-0.15, -0.1) is 0 Å². The molecule has 0 heterocycles. The SMILES string of the molecule is COC(C)(C)CCC(O)C(O)C(C)C. The third kappa shape index (κ3) is 4.94. The van der Waals surface area contributed by atoms with Crippen LogP contribution in [0.5, 0.6) is 0 Å². The second-order valence-electron chi connectivity index (χ2n) is 4.80. The Labute approximate surface area is 87.1 Å². The molecule has 0 aromatic rings. The molecule has 3 heteroatoms. The lowest BCUT2D eigenvalue weighted by molar-refractivity contribution is -0.0375. The number of hydrogen-bond donors (Lipinski definition) is 2. The molecular weight excluding hydrogens is 180 g/mol. The van der Waals surface area contributed by atoms with Gasteiger partial charge in [0.25, 0.3) is 0 Å². The molecular formula is C11H24O3. The van der Waals surface area contributed by atoms with E-state index in [2.05, 4.69) is 0 Å². The van der Waals surface area contributed by atoms with Crippen LogP contribution in [0.3, 0.4) is 0 Å². The lowest BCUT2D eigenvalue weighted by atomic mass is 9.94. The standard InChI is InChI=1S/C11H24O3/c1-8(2)10(13)9(12)6-7-11(3,4)14-5/h8-10,12-13H,6-7H2,1-5H3. The Kier molecular flexibility index (Phi) is 5.64. The average Bonchev–Trinajstić information content (AvgIpc) is 2.13. The number of aliphatic hydroxyl groups excluding tert-OH is 2. The Morgan fingerprint density at radius 1 is 1.21 bits per heavy atom. The number of methoxy groups -OCH3 is 1. The Hall–Kier alpha value is -0.120. The van der Waals surface area contributed by atoms with Crippen molar-refractivity contribution in [1.82, 2.24) is 0 Å². The second kappa shape index (κ2) is 5.69. The molecule has 2 atom stereocenters. The van der Waals surface area contributed by atoms with Crippen molar-refractivity contribution in [2.24, 2.45) is 5.92 Å². The minimum atomic E-state index is -0.649. The van der Waals surface area contributed by atoms with E-state index < -0.39 is 12.2 Å². The fraction of sp³-hybridized carbons (Fsp3) is 1.00. The maximum absolute atomic E-state index is 9.64. The highest BCUT2D eigenvalue weighted by molar-refractivity contribution is 4.75. The van der Waals surface area contributed by atoms with Crippen molar-refractivity contribution in [3.63, 3.8) is 0 Å². The highest BCUT2D eigenvalue weighted by Gasteiger charge is 2.23. The summed E-state index contributed by atoms with van der Waals surface area (Å²) in [6.07, 6.45) is 0.0290. The molecule has 3 nitrogen and oxygen atoms in total. The summed E-state index contributed by atoms with van der Waals surface area (Å²) in [4.78, 5) is 0. The summed E-state index contributed by atoms with van der Waals surface area (Å²) < 4.78 is 5.24. The van der Waals surface area contributed by atoms with Gasteiger partial charge in [-0.3, -0.25) is 0 Å². The van der Waals surface area contributed by atoms with E-state index in [1.54, 1.807) is 7.11 Å². The Morgan fingerprint density at radius 3 is 2.07 bits per heavy atom. The van der Waals surface area contributed by atoms with Gasteiger partial charge in [-0.05, 0) is 32.6 Å². The zero-order valence-electron chi connectivity index (χ0n) is 9.95. The van der Waals surface area contributed by atoms with E-state index in [-0.39, 0.29) is 11.5 Å². The van der Waals surface area contributed by atoms with Crippen LogP contribution < -0.4 is 0 Å². The average molecular weight is 204 g/mol. The fourth-order valence-corrected chi connectivity index (χ4v) is 1.21. The third-order valence-corrected chi connectivity index (χ3v) is 2.67. The van der Waals surface area contributed by atoms with Crippen LogP contribution in [0.4, 0.5) is 0 Å². The van der Waals surface area contributed by atoms with Crippen LogP contribution in [-0.4, -0.2) is 35.1 Å². The van der Waals surface area contributed by atoms with Gasteiger partial charge >= 0.3 is 0 Å². The quantitative estimate of drug-likeness (QED) is 0.690. The number of rotatable bonds is 6. The van der Waals surface area contributed by atoms with Gasteiger partial charge in [-0.2, -0.15) is 0 Å². The molecule has 0 amide bonds. The Balaban J connectivity index is 3.90. The van der Waals surface area contributed by atoms with E-state index in [0.29, 0.717) is 6.42 Å². The van der Waals surface area contributed by atoms with E-state index in [1.165, 1.54) is 0 Å². The Morgan fingerprint density at radius 2 is 1.71 bits per heavy atom. The molecule has 14 heavy (non-hydrogen) atoms. The number of aliphatic hydroxyl groups is 2. The summed E-state index contributed by atoms with van der Waals surface area (Å²) in [6, 6.07) is 0. The molecule has 0 fully saturated rings. The van der Waals surface area contributed by atoms with Gasteiger partial charge in [0.1, 0.15) is 0 Å². The van der Waals surface area contributed by atoms with Crippen molar-refractivity contribution in [1.29, 1.82) is 0 Å². The predicted octanol–water partition coefficient (Wildman–Crippen LogP) is 1.57. The zero-order valence-corrected chi connectivity index (χ0v) is 9.95. The monoisotopic (exact) mass is 204 g/mol. The number of hydrogen-bond acceptors (Lipinski definition) is 3. The molecule has 0 aromatic carbocycles. The molecule has 2 unspecified atom stereocenters. The fourth-order valence-electron chi connectivity index (χ4n) is 1.21. The van der Waals surface area contributed by atoms with Crippen molar-refractivity contribution in [2.75, 3.05) is 7.11 Å². The lowest BCUT2D eigenvalue weighted by Gasteiger charge is -2.27. The normalized spacial score (nSPS) is 17.1. The molecule has 86 valence electrons. The molecule has 0 aliphatic heterocycles. The molecule has 0 aliphatic rings. The van der Waals surface area contributed by atoms with Crippen LogP contribution >= 0.6 is 0 Å². The molecule has 0 spiro atoms. The zero-order chi connectivity index (χ0) is 11.4. The first-order chi connectivity index (χ1) is 6.30. The van der Waals surface area contributed by atoms with E-state index >= 15 is 0 Å². The Bertz CT molecular complexity index is 155. The van der Waals surface area contributed by atoms with Crippen LogP contribution in [0.1, 0.15) is 40.5 Å². The van der Waals surface area contributed by atoms with Crippen LogP contribution in [-0.2, 0) is 4.74 Å². The molecule has 0 radical (unpaired) electrons. The third-order valence-electron chi connectivity index (χ3n) is 2.67. The van der Waals surface area contributed by atoms with Gasteiger partial charge in [0.05, 0.1) is 17.8 Å². The van der Waals surface area contributed by atoms with Gasteiger partial charge in [0.2, 0.25) is 0 Å². The van der Waals surface area contributed by atoms with Crippen molar-refractivity contribution in [3.8, 4) is 0 Å². The molecule has 0 saturated carbocycles. The smallest absolute Gasteiger partial charge is 0.0821 e. The minimum absolute atomic E-state index is 0.0932. The van der Waals surface area contributed by atoms with Crippen LogP contribution in [0.15, 0.2) is 0 Å². The predicted molar refractivity (Wildman–Crippen MR) is 57.2 cm³/mol. The summed E-state index contributed by atoms with van der Waals surface area (Å²) in [5.74, 6) is 0.0932. The first-order valence-corrected chi connectivity index (χ1v) is 5.21. The van der Waals surface area contributed by atoms with Crippen molar-refractivity contribution in [2.45, 2.75) is 58.3 Å². The molecule has 0 aliphatic carbocycles. The highest BCUT2D eigenvalue weighted by atomic mass is 16.5. The topological polar surface area (TPSA) is 49.7 Å². The summed E-state index contributed by atoms with van der Waals surface area (Å²) in [6.45, 7) is 7.74. The summed E-state index contributed by atoms with van der Waals surface area (Å²) in [5.41, 5.74) is -0.225. The molecule has 0 saturated heterocycles. The molecule has 2 N–H and O–H groups in total. The van der Waals surface area contributed by atoms with Gasteiger partial charge in [-0.1, -0.05) is 13.8 Å². The number of ether oxygens (including phenoxy) is 1. The minimum Gasteiger partial charge on any atom is -0.390 e. The molecule has 0 rings (SSSR count). The van der Waals surface area contributed by atoms with Crippen LogP contribution in [0, 0.1) is 5.92 Å². The van der Waals surface area contributed by atoms with Gasteiger partial charge in [0, 0.05) is 7.11 Å². The molecule has 0 aromatic heterocycles. The second-order valence-corrected chi connectivity index (χ2v) is 4.80. The van der Waals surface area contributed by atoms with Gasteiger partial charge in [-0.25, -0.2) is 0 Å². The maximum atomic E-state index is 9.64. The van der Waals surface area contributed by atoms with Gasteiger partial charge < -0.3 is 14.9 Å². The maximum Gasteiger partial charge on any atom is 0.0821 e. The van der Waals surface area contributed by atoms with Crippen LogP contribution in [0.2, 0.25) is 0 Å². The largest absolute Gasteiger partial charge is 0.390 e.